The number of anilines is 1. The molecule has 0 aliphatic carbocycles. The number of pyridine rings is 1. The smallest absolute Gasteiger partial charge is 0.294 e. The van der Waals surface area contributed by atoms with Gasteiger partial charge in [0.25, 0.3) is 17.6 Å². The minimum atomic E-state index is -1.23. The lowest BCUT2D eigenvalue weighted by molar-refractivity contribution is -0.118. The van der Waals surface area contributed by atoms with Crippen LogP contribution in [-0.4, -0.2) is 51.1 Å². The van der Waals surface area contributed by atoms with Gasteiger partial charge in [-0.25, -0.2) is 9.37 Å². The maximum atomic E-state index is 13.4. The Kier molecular flexibility index (Phi) is 7.27. The molecular formula is C21H26F2N4O4. The van der Waals surface area contributed by atoms with Crippen LogP contribution in [0, 0.1) is 26.7 Å². The van der Waals surface area contributed by atoms with Crippen molar-refractivity contribution in [1.29, 1.82) is 0 Å². The lowest BCUT2D eigenvalue weighted by Crippen LogP contribution is -2.41. The Balaban J connectivity index is 2.41. The minimum Gasteiger partial charge on any atom is -0.389 e. The van der Waals surface area contributed by atoms with E-state index in [4.69, 9.17) is 0 Å². The highest BCUT2D eigenvalue weighted by Gasteiger charge is 2.30. The van der Waals surface area contributed by atoms with Crippen molar-refractivity contribution in [2.75, 3.05) is 18.5 Å². The molecule has 10 heteroatoms. The van der Waals surface area contributed by atoms with Crippen LogP contribution in [0.2, 0.25) is 0 Å². The fourth-order valence-corrected chi connectivity index (χ4v) is 3.19. The Morgan fingerprint density at radius 3 is 2.42 bits per heavy atom. The van der Waals surface area contributed by atoms with Gasteiger partial charge in [0.05, 0.1) is 35.3 Å². The number of hydrogen-bond acceptors (Lipinski definition) is 5. The number of aliphatic hydroxyl groups is 1. The predicted octanol–water partition coefficient (Wildman–Crippen LogP) is 2.24. The summed E-state index contributed by atoms with van der Waals surface area (Å²) in [5, 5.41) is 14.7. The molecule has 0 radical (unpaired) electrons. The molecule has 0 bridgehead atoms. The van der Waals surface area contributed by atoms with E-state index < -0.39 is 35.8 Å². The molecule has 0 aliphatic heterocycles. The Morgan fingerprint density at radius 2 is 1.87 bits per heavy atom. The molecule has 31 heavy (non-hydrogen) atoms. The molecule has 8 nitrogen and oxygen atoms in total. The van der Waals surface area contributed by atoms with E-state index >= 15 is 0 Å². The first-order valence-electron chi connectivity index (χ1n) is 9.61. The fourth-order valence-electron chi connectivity index (χ4n) is 3.19. The third kappa shape index (κ3) is 5.52. The first kappa shape index (κ1) is 24.1. The number of nitrogens with zero attached hydrogens (tertiary/aromatic N) is 2. The topological polar surface area (TPSA) is 113 Å². The van der Waals surface area contributed by atoms with E-state index in [9.17, 15) is 28.3 Å². The van der Waals surface area contributed by atoms with Gasteiger partial charge in [0.1, 0.15) is 6.67 Å². The summed E-state index contributed by atoms with van der Waals surface area (Å²) in [6.07, 6.45) is 1.15. The molecule has 2 heterocycles. The van der Waals surface area contributed by atoms with E-state index in [1.165, 1.54) is 45.3 Å². The van der Waals surface area contributed by atoms with E-state index in [0.717, 1.165) is 6.20 Å². The molecule has 2 aromatic heterocycles. The molecule has 0 spiro atoms. The molecule has 0 aromatic carbocycles. The van der Waals surface area contributed by atoms with Crippen LogP contribution in [0.3, 0.4) is 0 Å². The maximum absolute atomic E-state index is 13.4. The van der Waals surface area contributed by atoms with Crippen LogP contribution in [0.25, 0.3) is 0 Å². The van der Waals surface area contributed by atoms with E-state index in [1.54, 1.807) is 0 Å². The van der Waals surface area contributed by atoms with Crippen LogP contribution >= 0.6 is 0 Å². The Morgan fingerprint density at radius 1 is 1.23 bits per heavy atom. The standard InChI is InChI=1S/C21H26F2N4O4/c1-11-8-14(9-24-18(11)23)26-19(29)15-12(2)16(27(7-6-22)13(15)3)17(28)20(30)25-10-21(4,5)31/h8-9,31H,6-7,10H2,1-5H3,(H,25,30)(H,26,29). The molecular weight excluding hydrogens is 410 g/mol. The summed E-state index contributed by atoms with van der Waals surface area (Å²) in [6.45, 7) is 6.25. The van der Waals surface area contributed by atoms with Gasteiger partial charge in [-0.15, -0.1) is 0 Å². The van der Waals surface area contributed by atoms with E-state index in [-0.39, 0.29) is 41.2 Å². The summed E-state index contributed by atoms with van der Waals surface area (Å²) in [5.41, 5.74) is -0.237. The van der Waals surface area contributed by atoms with Crippen LogP contribution in [0.4, 0.5) is 14.5 Å². The van der Waals surface area contributed by atoms with Gasteiger partial charge in [0, 0.05) is 17.8 Å². The Labute approximate surface area is 178 Å². The number of alkyl halides is 1. The number of hydrogen-bond donors (Lipinski definition) is 3. The largest absolute Gasteiger partial charge is 0.389 e. The number of amides is 2. The number of Topliss-reactive ketones (excluding diaryl/α,β-unsaturated/α-hetero) is 1. The van der Waals surface area contributed by atoms with Gasteiger partial charge in [0.2, 0.25) is 5.95 Å². The second-order valence-electron chi connectivity index (χ2n) is 7.88. The van der Waals surface area contributed by atoms with Crippen molar-refractivity contribution in [1.82, 2.24) is 14.9 Å². The molecule has 0 saturated heterocycles. The Bertz CT molecular complexity index is 1030. The van der Waals surface area contributed by atoms with Crippen molar-refractivity contribution < 1.29 is 28.3 Å². The number of rotatable bonds is 8. The molecule has 0 saturated carbocycles. The van der Waals surface area contributed by atoms with Gasteiger partial charge in [0.15, 0.2) is 0 Å². The monoisotopic (exact) mass is 436 g/mol. The van der Waals surface area contributed by atoms with Gasteiger partial charge >= 0.3 is 0 Å². The predicted molar refractivity (Wildman–Crippen MR) is 110 cm³/mol. The normalized spacial score (nSPS) is 11.4. The van der Waals surface area contributed by atoms with Crippen LogP contribution in [0.15, 0.2) is 12.3 Å². The number of halogens is 2. The molecule has 168 valence electrons. The highest BCUT2D eigenvalue weighted by Crippen LogP contribution is 2.25. The third-order valence-corrected chi connectivity index (χ3v) is 4.68. The lowest BCUT2D eigenvalue weighted by Gasteiger charge is -2.17. The number of aromatic nitrogens is 2. The zero-order chi connectivity index (χ0) is 23.5. The highest BCUT2D eigenvalue weighted by molar-refractivity contribution is 6.43. The zero-order valence-corrected chi connectivity index (χ0v) is 18.1. The molecule has 0 fully saturated rings. The third-order valence-electron chi connectivity index (χ3n) is 4.68. The molecule has 2 rings (SSSR count). The van der Waals surface area contributed by atoms with Crippen molar-refractivity contribution in [3.05, 3.63) is 46.3 Å². The molecule has 3 N–H and O–H groups in total. The zero-order valence-electron chi connectivity index (χ0n) is 18.1. The molecule has 2 amide bonds. The van der Waals surface area contributed by atoms with Crippen LogP contribution in [0.5, 0.6) is 0 Å². The van der Waals surface area contributed by atoms with Crippen molar-refractivity contribution in [2.45, 2.75) is 46.8 Å². The fraction of sp³-hybridized carbons (Fsp3) is 0.429. The second kappa shape index (κ2) is 9.34. The highest BCUT2D eigenvalue weighted by atomic mass is 19.1. The number of nitrogens with one attached hydrogen (secondary N) is 2. The number of carbonyl (C=O) groups is 3. The van der Waals surface area contributed by atoms with E-state index in [0.29, 0.717) is 5.69 Å². The average molecular weight is 436 g/mol. The van der Waals surface area contributed by atoms with Crippen molar-refractivity contribution in [2.24, 2.45) is 0 Å². The summed E-state index contributed by atoms with van der Waals surface area (Å²) >= 11 is 0. The summed E-state index contributed by atoms with van der Waals surface area (Å²) in [7, 11) is 0. The second-order valence-corrected chi connectivity index (χ2v) is 7.88. The van der Waals surface area contributed by atoms with Crippen LogP contribution in [0.1, 0.15) is 51.5 Å². The summed E-state index contributed by atoms with van der Waals surface area (Å²) in [5.74, 6) is -3.19. The van der Waals surface area contributed by atoms with Crippen LogP contribution < -0.4 is 10.6 Å². The molecule has 0 atom stereocenters. The number of aryl methyl sites for hydroxylation is 1. The first-order valence-corrected chi connectivity index (χ1v) is 9.61. The van der Waals surface area contributed by atoms with Gasteiger partial charge < -0.3 is 20.3 Å². The maximum Gasteiger partial charge on any atom is 0.294 e. The molecule has 0 aliphatic rings. The minimum absolute atomic E-state index is 0.106. The van der Waals surface area contributed by atoms with Crippen molar-refractivity contribution in [3.63, 3.8) is 0 Å². The SMILES string of the molecule is Cc1cc(NC(=O)c2c(C)c(C(=O)C(=O)NCC(C)(C)O)n(CCF)c2C)cnc1F. The summed E-state index contributed by atoms with van der Waals surface area (Å²) in [4.78, 5) is 41.6. The average Bonchev–Trinajstić information content (AvgIpc) is 2.92. The van der Waals surface area contributed by atoms with Gasteiger partial charge in [-0.2, -0.15) is 4.39 Å². The van der Waals surface area contributed by atoms with Gasteiger partial charge in [-0.05, 0) is 46.2 Å². The van der Waals surface area contributed by atoms with Gasteiger partial charge in [-0.3, -0.25) is 14.4 Å². The van der Waals surface area contributed by atoms with Gasteiger partial charge in [-0.1, -0.05) is 0 Å². The lowest BCUT2D eigenvalue weighted by atomic mass is 10.1. The quantitative estimate of drug-likeness (QED) is 0.334. The number of carbonyl (C=O) groups excluding carboxylic acids is 3. The van der Waals surface area contributed by atoms with E-state index in [2.05, 4.69) is 15.6 Å². The van der Waals surface area contributed by atoms with Crippen LogP contribution in [-0.2, 0) is 11.3 Å². The van der Waals surface area contributed by atoms with E-state index in [1.807, 2.05) is 0 Å². The number of ketones is 1. The first-order chi connectivity index (χ1) is 14.4. The van der Waals surface area contributed by atoms with Crippen molar-refractivity contribution >= 4 is 23.3 Å². The molecule has 0 unspecified atom stereocenters. The summed E-state index contributed by atoms with van der Waals surface area (Å²) in [6, 6.07) is 1.40. The molecule has 2 aromatic rings. The van der Waals surface area contributed by atoms with Crippen molar-refractivity contribution in [3.8, 4) is 0 Å². The Hall–Kier alpha value is -3.14. The summed E-state index contributed by atoms with van der Waals surface area (Å²) < 4.78 is 27.8.